The maximum Gasteiger partial charge on any atom is 0.0446 e. The van der Waals surface area contributed by atoms with Gasteiger partial charge >= 0.3 is 0 Å². The lowest BCUT2D eigenvalue weighted by Gasteiger charge is -2.47. The summed E-state index contributed by atoms with van der Waals surface area (Å²) >= 11 is 6.19. The quantitative estimate of drug-likeness (QED) is 0.343. The summed E-state index contributed by atoms with van der Waals surface area (Å²) in [4.78, 5) is 5.64. The minimum absolute atomic E-state index is 0.766. The van der Waals surface area contributed by atoms with Crippen LogP contribution in [0.15, 0.2) is 24.3 Å². The van der Waals surface area contributed by atoms with Crippen molar-refractivity contribution in [3.63, 3.8) is 0 Å². The summed E-state index contributed by atoms with van der Waals surface area (Å²) in [6, 6.07) is 6.94. The number of halogens is 1. The van der Waals surface area contributed by atoms with E-state index in [-0.39, 0.29) is 0 Å². The minimum atomic E-state index is 0.766. The molecule has 0 amide bonds. The van der Waals surface area contributed by atoms with E-state index in [1.807, 2.05) is 19.2 Å². The smallest absolute Gasteiger partial charge is 0.0446 e. The number of anilines is 1. The van der Waals surface area contributed by atoms with Crippen LogP contribution >= 0.6 is 11.6 Å². The molecule has 1 aromatic rings. The van der Waals surface area contributed by atoms with Crippen molar-refractivity contribution in [2.24, 2.45) is 11.8 Å². The highest BCUT2D eigenvalue weighted by molar-refractivity contribution is 6.31. The molecule has 0 aromatic heterocycles. The second kappa shape index (κ2) is 13.9. The number of benzene rings is 1. The molecule has 3 fully saturated rings. The third kappa shape index (κ3) is 7.40. The number of hydrogen-bond acceptors (Lipinski definition) is 4. The molecule has 0 bridgehead atoms. The summed E-state index contributed by atoms with van der Waals surface area (Å²) in [5.74, 6) is 1.94. The summed E-state index contributed by atoms with van der Waals surface area (Å²) in [6.45, 7) is 9.34. The van der Waals surface area contributed by atoms with E-state index in [4.69, 9.17) is 11.6 Å². The fourth-order valence-corrected chi connectivity index (χ4v) is 7.23. The Balaban J connectivity index is 1.23. The molecule has 2 aliphatic carbocycles. The van der Waals surface area contributed by atoms with Gasteiger partial charge in [0.2, 0.25) is 0 Å². The fraction of sp³-hybridized carbons (Fsp3) is 0.733. The molecule has 2 N–H and O–H groups in total. The highest BCUT2D eigenvalue weighted by atomic mass is 35.5. The van der Waals surface area contributed by atoms with Crippen LogP contribution in [0.1, 0.15) is 83.1 Å². The molecule has 2 saturated carbocycles. The molecule has 0 atom stereocenters. The second-order valence-corrected chi connectivity index (χ2v) is 11.5. The Morgan fingerprint density at radius 1 is 0.971 bits per heavy atom. The zero-order valence-corrected chi connectivity index (χ0v) is 23.1. The van der Waals surface area contributed by atoms with E-state index >= 15 is 0 Å². The molecule has 1 heterocycles. The number of allylic oxidation sites excluding steroid dienone is 1. The summed E-state index contributed by atoms with van der Waals surface area (Å²) in [5, 5.41) is 7.71. The van der Waals surface area contributed by atoms with Crippen LogP contribution in [0.5, 0.6) is 0 Å². The molecule has 1 aromatic carbocycles. The number of piperazine rings is 1. The molecule has 5 heteroatoms. The third-order valence-electron chi connectivity index (χ3n) is 8.89. The van der Waals surface area contributed by atoms with Gasteiger partial charge in [0, 0.05) is 67.8 Å². The van der Waals surface area contributed by atoms with Gasteiger partial charge < -0.3 is 15.5 Å². The SMILES string of the molecule is C/C=C(/NCCCN1CCN(C(C2CCCCC2)C2CCCCC2)CC1)c1ccc(Cl)cc1NC. The molecule has 3 aliphatic rings. The molecule has 1 aliphatic heterocycles. The summed E-state index contributed by atoms with van der Waals surface area (Å²) in [6.07, 6.45) is 18.1. The Hall–Kier alpha value is -1.23. The molecular weight excluding hydrogens is 452 g/mol. The van der Waals surface area contributed by atoms with Crippen LogP contribution in [0.4, 0.5) is 5.69 Å². The molecule has 0 spiro atoms. The van der Waals surface area contributed by atoms with Crippen LogP contribution in [-0.4, -0.2) is 62.2 Å². The Labute approximate surface area is 219 Å². The highest BCUT2D eigenvalue weighted by Crippen LogP contribution is 2.38. The first-order chi connectivity index (χ1) is 17.2. The van der Waals surface area contributed by atoms with Crippen LogP contribution in [0, 0.1) is 11.8 Å². The zero-order chi connectivity index (χ0) is 24.5. The molecule has 4 nitrogen and oxygen atoms in total. The first-order valence-corrected chi connectivity index (χ1v) is 14.9. The Bertz CT molecular complexity index is 772. The minimum Gasteiger partial charge on any atom is -0.388 e. The highest BCUT2D eigenvalue weighted by Gasteiger charge is 2.36. The number of hydrogen-bond donors (Lipinski definition) is 2. The van der Waals surface area contributed by atoms with E-state index in [0.717, 1.165) is 35.1 Å². The normalized spacial score (nSPS) is 22.0. The Morgan fingerprint density at radius 3 is 2.17 bits per heavy atom. The van der Waals surface area contributed by atoms with E-state index in [1.54, 1.807) is 0 Å². The average molecular weight is 501 g/mol. The van der Waals surface area contributed by atoms with Crippen LogP contribution in [-0.2, 0) is 0 Å². The number of nitrogens with zero attached hydrogens (tertiary/aromatic N) is 2. The standard InChI is InChI=1S/C30H49ClN4/c1-3-28(27-16-15-26(31)23-29(27)32-2)33-17-10-18-34-19-21-35(22-20-34)30(24-11-6-4-7-12-24)25-13-8-5-9-14-25/h3,15-16,23-25,30,32-33H,4-14,17-22H2,1-2H3/b28-3+. The molecule has 35 heavy (non-hydrogen) atoms. The van der Waals surface area contributed by atoms with Gasteiger partial charge in [0.25, 0.3) is 0 Å². The molecule has 1 saturated heterocycles. The lowest BCUT2D eigenvalue weighted by molar-refractivity contribution is 0.0170. The predicted molar refractivity (Wildman–Crippen MR) is 152 cm³/mol. The summed E-state index contributed by atoms with van der Waals surface area (Å²) in [5.41, 5.74) is 3.43. The number of rotatable bonds is 10. The van der Waals surface area contributed by atoms with E-state index in [1.165, 1.54) is 115 Å². The van der Waals surface area contributed by atoms with Gasteiger partial charge in [-0.25, -0.2) is 0 Å². The first kappa shape index (κ1) is 26.8. The van der Waals surface area contributed by atoms with Crippen molar-refractivity contribution in [3.8, 4) is 0 Å². The maximum absolute atomic E-state index is 6.19. The van der Waals surface area contributed by atoms with Crippen LogP contribution in [0.3, 0.4) is 0 Å². The van der Waals surface area contributed by atoms with Crippen LogP contribution in [0.2, 0.25) is 5.02 Å². The van der Waals surface area contributed by atoms with Crippen molar-refractivity contribution in [2.75, 3.05) is 51.6 Å². The lowest BCUT2D eigenvalue weighted by atomic mass is 9.73. The van der Waals surface area contributed by atoms with E-state index in [9.17, 15) is 0 Å². The van der Waals surface area contributed by atoms with Gasteiger partial charge in [0.05, 0.1) is 0 Å². The lowest BCUT2D eigenvalue weighted by Crippen LogP contribution is -2.55. The monoisotopic (exact) mass is 500 g/mol. The van der Waals surface area contributed by atoms with Crippen molar-refractivity contribution in [1.29, 1.82) is 0 Å². The molecular formula is C30H49ClN4. The summed E-state index contributed by atoms with van der Waals surface area (Å²) in [7, 11) is 1.95. The van der Waals surface area contributed by atoms with Crippen molar-refractivity contribution in [2.45, 2.75) is 83.6 Å². The topological polar surface area (TPSA) is 30.5 Å². The van der Waals surface area contributed by atoms with Gasteiger partial charge in [-0.05, 0) is 75.6 Å². The van der Waals surface area contributed by atoms with Crippen molar-refractivity contribution in [3.05, 3.63) is 34.9 Å². The second-order valence-electron chi connectivity index (χ2n) is 11.1. The number of nitrogens with one attached hydrogen (secondary N) is 2. The fourth-order valence-electron chi connectivity index (χ4n) is 7.05. The molecule has 0 radical (unpaired) electrons. The molecule has 196 valence electrons. The van der Waals surface area contributed by atoms with Gasteiger partial charge in [0.15, 0.2) is 0 Å². The summed E-state index contributed by atoms with van der Waals surface area (Å²) < 4.78 is 0. The Morgan fingerprint density at radius 2 is 1.60 bits per heavy atom. The van der Waals surface area contributed by atoms with E-state index in [0.29, 0.717) is 0 Å². The van der Waals surface area contributed by atoms with Crippen molar-refractivity contribution in [1.82, 2.24) is 15.1 Å². The average Bonchev–Trinajstić information content (AvgIpc) is 2.91. The van der Waals surface area contributed by atoms with Gasteiger partial charge in [-0.2, -0.15) is 0 Å². The third-order valence-corrected chi connectivity index (χ3v) is 9.13. The molecule has 0 unspecified atom stereocenters. The Kier molecular flexibility index (Phi) is 10.7. The van der Waals surface area contributed by atoms with Crippen molar-refractivity contribution < 1.29 is 0 Å². The van der Waals surface area contributed by atoms with Gasteiger partial charge in [0.1, 0.15) is 0 Å². The van der Waals surface area contributed by atoms with E-state index in [2.05, 4.69) is 39.5 Å². The predicted octanol–water partition coefficient (Wildman–Crippen LogP) is 6.87. The largest absolute Gasteiger partial charge is 0.388 e. The maximum atomic E-state index is 6.19. The van der Waals surface area contributed by atoms with Gasteiger partial charge in [-0.15, -0.1) is 0 Å². The van der Waals surface area contributed by atoms with Gasteiger partial charge in [-0.3, -0.25) is 4.90 Å². The van der Waals surface area contributed by atoms with Crippen molar-refractivity contribution >= 4 is 23.0 Å². The van der Waals surface area contributed by atoms with Crippen LogP contribution < -0.4 is 10.6 Å². The van der Waals surface area contributed by atoms with Crippen LogP contribution in [0.25, 0.3) is 5.70 Å². The zero-order valence-electron chi connectivity index (χ0n) is 22.3. The molecule has 4 rings (SSSR count). The van der Waals surface area contributed by atoms with E-state index < -0.39 is 0 Å². The van der Waals surface area contributed by atoms with Gasteiger partial charge in [-0.1, -0.05) is 56.2 Å². The first-order valence-electron chi connectivity index (χ1n) is 14.5.